The lowest BCUT2D eigenvalue weighted by Crippen LogP contribution is -1.93. The number of methoxy groups -OCH3 is 1. The highest BCUT2D eigenvalue weighted by atomic mass is 16.5. The van der Waals surface area contributed by atoms with Crippen molar-refractivity contribution in [2.75, 3.05) is 7.11 Å². The predicted molar refractivity (Wildman–Crippen MR) is 130 cm³/mol. The Bertz CT molecular complexity index is 1550. The van der Waals surface area contributed by atoms with Gasteiger partial charge in [-0.25, -0.2) is 4.98 Å². The van der Waals surface area contributed by atoms with Gasteiger partial charge in [0.15, 0.2) is 0 Å². The zero-order valence-electron chi connectivity index (χ0n) is 17.6. The highest BCUT2D eigenvalue weighted by Crippen LogP contribution is 2.38. The average molecular weight is 415 g/mol. The second-order valence-corrected chi connectivity index (χ2v) is 7.77. The van der Waals surface area contributed by atoms with Gasteiger partial charge in [0.25, 0.3) is 0 Å². The lowest BCUT2D eigenvalue weighted by Gasteiger charge is -2.11. The minimum absolute atomic E-state index is 0.807. The van der Waals surface area contributed by atoms with E-state index in [4.69, 9.17) is 4.74 Å². The van der Waals surface area contributed by atoms with Gasteiger partial charge >= 0.3 is 0 Å². The summed E-state index contributed by atoms with van der Waals surface area (Å²) in [4.78, 5) is 7.73. The monoisotopic (exact) mass is 415 g/mol. The normalized spacial score (nSPS) is 11.3. The van der Waals surface area contributed by atoms with Crippen LogP contribution in [0.2, 0.25) is 0 Å². The molecule has 6 rings (SSSR count). The number of hydrogen-bond donors (Lipinski definition) is 1. The molecule has 0 aliphatic carbocycles. The third-order valence-electron chi connectivity index (χ3n) is 5.98. The molecular weight excluding hydrogens is 394 g/mol. The van der Waals surface area contributed by atoms with Crippen LogP contribution in [0.25, 0.3) is 50.0 Å². The number of hydrogen-bond acceptors (Lipinski definition) is 2. The molecule has 0 spiro atoms. The second kappa shape index (κ2) is 7.43. The number of para-hydroxylation sites is 2. The van der Waals surface area contributed by atoms with E-state index in [1.54, 1.807) is 13.3 Å². The Morgan fingerprint density at radius 3 is 2.38 bits per heavy atom. The smallest absolute Gasteiger partial charge is 0.138 e. The standard InChI is InChI=1S/C28H21N3O/c1-32-21-12-13-22(25(18-21)28-29-15-16-30-28)19-11-14-27-24(17-19)23-9-5-6-10-26(23)31(27)20-7-3-2-4-8-20/h2-18H,1H3,(H,29,30). The maximum Gasteiger partial charge on any atom is 0.138 e. The summed E-state index contributed by atoms with van der Waals surface area (Å²) in [7, 11) is 1.69. The molecule has 154 valence electrons. The van der Waals surface area contributed by atoms with E-state index in [-0.39, 0.29) is 0 Å². The molecule has 0 unspecified atom stereocenters. The van der Waals surface area contributed by atoms with E-state index >= 15 is 0 Å². The first-order chi connectivity index (χ1) is 15.8. The fourth-order valence-electron chi connectivity index (χ4n) is 4.51. The zero-order valence-corrected chi connectivity index (χ0v) is 17.6. The fraction of sp³-hybridized carbons (Fsp3) is 0.0357. The van der Waals surface area contributed by atoms with E-state index in [2.05, 4.69) is 93.4 Å². The Labute approximate surface area is 185 Å². The third kappa shape index (κ3) is 2.88. The van der Waals surface area contributed by atoms with Gasteiger partial charge in [0.1, 0.15) is 11.6 Å². The third-order valence-corrected chi connectivity index (χ3v) is 5.98. The first-order valence-corrected chi connectivity index (χ1v) is 10.6. The topological polar surface area (TPSA) is 42.8 Å². The number of fused-ring (bicyclic) bond motifs is 3. The summed E-state index contributed by atoms with van der Waals surface area (Å²) in [6.07, 6.45) is 3.62. The second-order valence-electron chi connectivity index (χ2n) is 7.77. The summed E-state index contributed by atoms with van der Waals surface area (Å²) >= 11 is 0. The van der Waals surface area contributed by atoms with Gasteiger partial charge in [0.2, 0.25) is 0 Å². The molecule has 0 radical (unpaired) electrons. The SMILES string of the molecule is COc1ccc(-c2ccc3c(c2)c2ccccc2n3-c2ccccc2)c(-c2ncc[nH]2)c1. The maximum absolute atomic E-state index is 5.48. The molecule has 4 nitrogen and oxygen atoms in total. The largest absolute Gasteiger partial charge is 0.497 e. The van der Waals surface area contributed by atoms with Gasteiger partial charge in [-0.2, -0.15) is 0 Å². The Morgan fingerprint density at radius 2 is 1.56 bits per heavy atom. The molecule has 0 aliphatic rings. The Balaban J connectivity index is 1.62. The molecule has 4 aromatic carbocycles. The Morgan fingerprint density at radius 1 is 0.750 bits per heavy atom. The fourth-order valence-corrected chi connectivity index (χ4v) is 4.51. The predicted octanol–water partition coefficient (Wildman–Crippen LogP) is 6.85. The van der Waals surface area contributed by atoms with Crippen LogP contribution in [0.3, 0.4) is 0 Å². The van der Waals surface area contributed by atoms with E-state index in [9.17, 15) is 0 Å². The van der Waals surface area contributed by atoms with E-state index in [0.29, 0.717) is 0 Å². The lowest BCUT2D eigenvalue weighted by atomic mass is 9.97. The number of aromatic nitrogens is 3. The van der Waals surface area contributed by atoms with E-state index < -0.39 is 0 Å². The van der Waals surface area contributed by atoms with Gasteiger partial charge in [-0.05, 0) is 59.7 Å². The van der Waals surface area contributed by atoms with Crippen molar-refractivity contribution in [2.45, 2.75) is 0 Å². The molecule has 0 saturated heterocycles. The summed E-state index contributed by atoms with van der Waals surface area (Å²) in [5.74, 6) is 1.63. The minimum atomic E-state index is 0.807. The lowest BCUT2D eigenvalue weighted by molar-refractivity contribution is 0.415. The van der Waals surface area contributed by atoms with Gasteiger partial charge in [-0.3, -0.25) is 0 Å². The molecule has 0 bridgehead atoms. The number of benzene rings is 4. The first kappa shape index (κ1) is 18.5. The van der Waals surface area contributed by atoms with Crippen LogP contribution in [0.15, 0.2) is 103 Å². The van der Waals surface area contributed by atoms with Crippen LogP contribution in [0.4, 0.5) is 0 Å². The van der Waals surface area contributed by atoms with Crippen LogP contribution in [-0.2, 0) is 0 Å². The van der Waals surface area contributed by atoms with Crippen LogP contribution >= 0.6 is 0 Å². The summed E-state index contributed by atoms with van der Waals surface area (Å²) in [5.41, 5.74) is 6.82. The van der Waals surface area contributed by atoms with Gasteiger partial charge in [-0.1, -0.05) is 42.5 Å². The summed E-state index contributed by atoms with van der Waals surface area (Å²) in [6.45, 7) is 0. The van der Waals surface area contributed by atoms with Gasteiger partial charge in [0, 0.05) is 34.4 Å². The van der Waals surface area contributed by atoms with Crippen LogP contribution in [0, 0.1) is 0 Å². The van der Waals surface area contributed by atoms with Crippen molar-refractivity contribution in [2.24, 2.45) is 0 Å². The molecule has 0 saturated carbocycles. The van der Waals surface area contributed by atoms with E-state index in [1.807, 2.05) is 18.3 Å². The van der Waals surface area contributed by atoms with Crippen LogP contribution in [0.5, 0.6) is 5.75 Å². The number of nitrogens with one attached hydrogen (secondary N) is 1. The molecular formula is C28H21N3O. The van der Waals surface area contributed by atoms with Crippen LogP contribution in [-0.4, -0.2) is 21.6 Å². The molecule has 2 heterocycles. The molecule has 4 heteroatoms. The molecule has 0 fully saturated rings. The summed E-state index contributed by atoms with van der Waals surface area (Å²) in [6, 6.07) is 31.9. The number of aromatic amines is 1. The molecule has 0 aliphatic heterocycles. The van der Waals surface area contributed by atoms with E-state index in [1.165, 1.54) is 21.8 Å². The van der Waals surface area contributed by atoms with Crippen molar-refractivity contribution >= 4 is 21.8 Å². The average Bonchev–Trinajstić information content (AvgIpc) is 3.50. The van der Waals surface area contributed by atoms with Crippen LogP contribution in [0.1, 0.15) is 0 Å². The summed E-state index contributed by atoms with van der Waals surface area (Å²) in [5, 5.41) is 2.46. The van der Waals surface area contributed by atoms with Crippen molar-refractivity contribution in [1.82, 2.24) is 14.5 Å². The number of imidazole rings is 1. The van der Waals surface area contributed by atoms with Crippen LogP contribution < -0.4 is 4.74 Å². The van der Waals surface area contributed by atoms with Crippen molar-refractivity contribution in [3.8, 4) is 34.0 Å². The zero-order chi connectivity index (χ0) is 21.5. The van der Waals surface area contributed by atoms with Crippen molar-refractivity contribution < 1.29 is 4.74 Å². The molecule has 0 atom stereocenters. The highest BCUT2D eigenvalue weighted by Gasteiger charge is 2.15. The molecule has 6 aromatic rings. The maximum atomic E-state index is 5.48. The first-order valence-electron chi connectivity index (χ1n) is 10.6. The van der Waals surface area contributed by atoms with Gasteiger partial charge in [-0.15, -0.1) is 0 Å². The number of ether oxygens (including phenoxy) is 1. The molecule has 2 aromatic heterocycles. The summed E-state index contributed by atoms with van der Waals surface area (Å²) < 4.78 is 7.81. The van der Waals surface area contributed by atoms with Gasteiger partial charge in [0.05, 0.1) is 18.1 Å². The Kier molecular flexibility index (Phi) is 4.29. The quantitative estimate of drug-likeness (QED) is 0.342. The van der Waals surface area contributed by atoms with Crippen molar-refractivity contribution in [3.63, 3.8) is 0 Å². The van der Waals surface area contributed by atoms with E-state index in [0.717, 1.165) is 34.0 Å². The molecule has 32 heavy (non-hydrogen) atoms. The number of rotatable bonds is 4. The number of nitrogens with zero attached hydrogens (tertiary/aromatic N) is 2. The Hall–Kier alpha value is -4.31. The van der Waals surface area contributed by atoms with Crippen molar-refractivity contribution in [3.05, 3.63) is 103 Å². The highest BCUT2D eigenvalue weighted by molar-refractivity contribution is 6.10. The minimum Gasteiger partial charge on any atom is -0.497 e. The molecule has 0 amide bonds. The number of H-pyrrole nitrogens is 1. The molecule has 1 N–H and O–H groups in total. The van der Waals surface area contributed by atoms with Gasteiger partial charge < -0.3 is 14.3 Å². The van der Waals surface area contributed by atoms with Crippen molar-refractivity contribution in [1.29, 1.82) is 0 Å².